The van der Waals surface area contributed by atoms with Gasteiger partial charge < -0.3 is 5.32 Å². The average Bonchev–Trinajstić information content (AvgIpc) is 2.42. The summed E-state index contributed by atoms with van der Waals surface area (Å²) in [6.45, 7) is 3.12. The molecule has 0 amide bonds. The highest BCUT2D eigenvalue weighted by Gasteiger charge is 2.22. The molecule has 1 fully saturated rings. The van der Waals surface area contributed by atoms with E-state index in [1.807, 2.05) is 6.07 Å². The van der Waals surface area contributed by atoms with Crippen LogP contribution in [0.2, 0.25) is 5.02 Å². The Morgan fingerprint density at radius 3 is 2.48 bits per heavy atom. The van der Waals surface area contributed by atoms with Crippen LogP contribution in [-0.4, -0.2) is 12.6 Å². The van der Waals surface area contributed by atoms with Crippen LogP contribution in [0.15, 0.2) is 18.2 Å². The Bertz CT molecular complexity index is 427. The molecule has 3 heteroatoms. The van der Waals surface area contributed by atoms with Crippen molar-refractivity contribution in [3.05, 3.63) is 34.6 Å². The first-order valence-corrected chi connectivity index (χ1v) is 8.75. The number of benzene rings is 1. The van der Waals surface area contributed by atoms with E-state index in [1.54, 1.807) is 12.1 Å². The SMILES string of the molecule is CCNC(Cc1ccc(Cl)c(F)c1)C1CCCCCCC1. The molecule has 1 saturated carbocycles. The Morgan fingerprint density at radius 2 is 1.86 bits per heavy atom. The highest BCUT2D eigenvalue weighted by atomic mass is 35.5. The first-order chi connectivity index (χ1) is 10.2. The van der Waals surface area contributed by atoms with Crippen molar-refractivity contribution in [3.63, 3.8) is 0 Å². The van der Waals surface area contributed by atoms with Crippen LogP contribution < -0.4 is 5.32 Å². The Morgan fingerprint density at radius 1 is 1.19 bits per heavy atom. The van der Waals surface area contributed by atoms with Gasteiger partial charge in [-0.25, -0.2) is 4.39 Å². The number of rotatable bonds is 5. The maximum atomic E-state index is 13.6. The van der Waals surface area contributed by atoms with Gasteiger partial charge in [0.2, 0.25) is 0 Å². The van der Waals surface area contributed by atoms with E-state index in [4.69, 9.17) is 11.6 Å². The van der Waals surface area contributed by atoms with Gasteiger partial charge in [0, 0.05) is 6.04 Å². The third kappa shape index (κ3) is 5.27. The quantitative estimate of drug-likeness (QED) is 0.772. The van der Waals surface area contributed by atoms with Crippen molar-refractivity contribution in [2.24, 2.45) is 5.92 Å². The Balaban J connectivity index is 2.04. The molecule has 1 aliphatic rings. The topological polar surface area (TPSA) is 12.0 Å². The Kier molecular flexibility index (Phi) is 6.98. The second-order valence-electron chi connectivity index (χ2n) is 6.22. The van der Waals surface area contributed by atoms with E-state index in [0.29, 0.717) is 12.0 Å². The van der Waals surface area contributed by atoms with Crippen LogP contribution in [0.25, 0.3) is 0 Å². The van der Waals surface area contributed by atoms with Crippen LogP contribution in [-0.2, 0) is 6.42 Å². The fraction of sp³-hybridized carbons (Fsp3) is 0.667. The van der Waals surface area contributed by atoms with Gasteiger partial charge in [-0.3, -0.25) is 0 Å². The molecule has 0 aliphatic heterocycles. The summed E-state index contributed by atoms with van der Waals surface area (Å²) in [7, 11) is 0. The molecule has 0 aromatic heterocycles. The lowest BCUT2D eigenvalue weighted by Gasteiger charge is -2.29. The van der Waals surface area contributed by atoms with Gasteiger partial charge in [0.15, 0.2) is 0 Å². The van der Waals surface area contributed by atoms with Crippen LogP contribution in [0.1, 0.15) is 57.4 Å². The number of hydrogen-bond donors (Lipinski definition) is 1. The summed E-state index contributed by atoms with van der Waals surface area (Å²) >= 11 is 5.78. The summed E-state index contributed by atoms with van der Waals surface area (Å²) in [5.41, 5.74) is 1.05. The average molecular weight is 312 g/mol. The highest BCUT2D eigenvalue weighted by Crippen LogP contribution is 2.27. The van der Waals surface area contributed by atoms with Crippen molar-refractivity contribution in [3.8, 4) is 0 Å². The number of hydrogen-bond acceptors (Lipinski definition) is 1. The fourth-order valence-corrected chi connectivity index (χ4v) is 3.60. The minimum Gasteiger partial charge on any atom is -0.314 e. The minimum atomic E-state index is -0.304. The molecule has 0 saturated heterocycles. The molecule has 0 bridgehead atoms. The monoisotopic (exact) mass is 311 g/mol. The molecule has 1 N–H and O–H groups in total. The molecular formula is C18H27ClFN. The summed E-state index contributed by atoms with van der Waals surface area (Å²) in [5, 5.41) is 3.84. The van der Waals surface area contributed by atoms with Gasteiger partial charge in [-0.05, 0) is 49.4 Å². The van der Waals surface area contributed by atoms with E-state index in [0.717, 1.165) is 18.5 Å². The number of likely N-dealkylation sites (N-methyl/N-ethyl adjacent to an activating group) is 1. The smallest absolute Gasteiger partial charge is 0.142 e. The van der Waals surface area contributed by atoms with Crippen molar-refractivity contribution >= 4 is 11.6 Å². The van der Waals surface area contributed by atoms with Gasteiger partial charge in [-0.1, -0.05) is 56.7 Å². The molecule has 1 aliphatic carbocycles. The standard InChI is InChI=1S/C18H27ClFN/c1-2-21-18(15-8-6-4-3-5-7-9-15)13-14-10-11-16(19)17(20)12-14/h10-12,15,18,21H,2-9,13H2,1H3. The third-order valence-electron chi connectivity index (χ3n) is 4.62. The van der Waals surface area contributed by atoms with Crippen LogP contribution in [0.3, 0.4) is 0 Å². The van der Waals surface area contributed by atoms with Gasteiger partial charge in [0.25, 0.3) is 0 Å². The van der Waals surface area contributed by atoms with E-state index in [-0.39, 0.29) is 10.8 Å². The van der Waals surface area contributed by atoms with Crippen LogP contribution in [0.4, 0.5) is 4.39 Å². The van der Waals surface area contributed by atoms with Gasteiger partial charge in [0.05, 0.1) is 5.02 Å². The predicted octanol–water partition coefficient (Wildman–Crippen LogP) is 5.36. The molecule has 1 nitrogen and oxygen atoms in total. The van der Waals surface area contributed by atoms with Gasteiger partial charge in [-0.15, -0.1) is 0 Å². The third-order valence-corrected chi connectivity index (χ3v) is 4.93. The molecule has 21 heavy (non-hydrogen) atoms. The first kappa shape index (κ1) is 16.8. The summed E-state index contributed by atoms with van der Waals surface area (Å²) in [6.07, 6.45) is 10.3. The van der Waals surface area contributed by atoms with Crippen molar-refractivity contribution in [1.29, 1.82) is 0 Å². The molecular weight excluding hydrogens is 285 g/mol. The molecule has 2 rings (SSSR count). The molecule has 1 aromatic rings. The predicted molar refractivity (Wildman–Crippen MR) is 88.4 cm³/mol. The van der Waals surface area contributed by atoms with Gasteiger partial charge in [0.1, 0.15) is 5.82 Å². The van der Waals surface area contributed by atoms with E-state index in [9.17, 15) is 4.39 Å². The normalized spacial score (nSPS) is 19.0. The minimum absolute atomic E-state index is 0.213. The number of halogens is 2. The summed E-state index contributed by atoms with van der Waals surface area (Å²) in [6, 6.07) is 5.68. The highest BCUT2D eigenvalue weighted by molar-refractivity contribution is 6.30. The number of nitrogens with one attached hydrogen (secondary N) is 1. The van der Waals surface area contributed by atoms with Crippen molar-refractivity contribution in [2.75, 3.05) is 6.54 Å². The molecule has 118 valence electrons. The van der Waals surface area contributed by atoms with E-state index in [1.165, 1.54) is 44.9 Å². The Labute approximate surface area is 133 Å². The van der Waals surface area contributed by atoms with Crippen molar-refractivity contribution in [2.45, 2.75) is 64.3 Å². The molecule has 0 radical (unpaired) electrons. The largest absolute Gasteiger partial charge is 0.314 e. The van der Waals surface area contributed by atoms with Gasteiger partial charge >= 0.3 is 0 Å². The van der Waals surface area contributed by atoms with E-state index in [2.05, 4.69) is 12.2 Å². The first-order valence-electron chi connectivity index (χ1n) is 8.38. The molecule has 1 aromatic carbocycles. The maximum absolute atomic E-state index is 13.6. The zero-order chi connectivity index (χ0) is 15.1. The second-order valence-corrected chi connectivity index (χ2v) is 6.63. The van der Waals surface area contributed by atoms with E-state index >= 15 is 0 Å². The maximum Gasteiger partial charge on any atom is 0.142 e. The Hall–Kier alpha value is -0.600. The van der Waals surface area contributed by atoms with Gasteiger partial charge in [-0.2, -0.15) is 0 Å². The second kappa shape index (κ2) is 8.75. The summed E-state index contributed by atoms with van der Waals surface area (Å²) in [5.74, 6) is 0.408. The van der Waals surface area contributed by atoms with Crippen LogP contribution in [0, 0.1) is 11.7 Å². The van der Waals surface area contributed by atoms with Crippen molar-refractivity contribution < 1.29 is 4.39 Å². The molecule has 0 spiro atoms. The summed E-state index contributed by atoms with van der Waals surface area (Å²) in [4.78, 5) is 0. The lowest BCUT2D eigenvalue weighted by Crippen LogP contribution is -2.38. The van der Waals surface area contributed by atoms with Crippen LogP contribution in [0.5, 0.6) is 0 Å². The van der Waals surface area contributed by atoms with Crippen LogP contribution >= 0.6 is 11.6 Å². The zero-order valence-electron chi connectivity index (χ0n) is 13.0. The lowest BCUT2D eigenvalue weighted by molar-refractivity contribution is 0.286. The molecule has 1 atom stereocenters. The van der Waals surface area contributed by atoms with E-state index < -0.39 is 0 Å². The zero-order valence-corrected chi connectivity index (χ0v) is 13.8. The molecule has 0 heterocycles. The fourth-order valence-electron chi connectivity index (χ4n) is 3.48. The summed E-state index contributed by atoms with van der Waals surface area (Å²) < 4.78 is 13.6. The lowest BCUT2D eigenvalue weighted by atomic mass is 9.83. The van der Waals surface area contributed by atoms with Crippen molar-refractivity contribution in [1.82, 2.24) is 5.32 Å². The molecule has 1 unspecified atom stereocenters.